The van der Waals surface area contributed by atoms with Crippen molar-refractivity contribution in [2.45, 2.75) is 12.5 Å². The average Bonchev–Trinajstić information content (AvgIpc) is 2.00. The van der Waals surface area contributed by atoms with Gasteiger partial charge in [-0.15, -0.1) is 6.58 Å². The van der Waals surface area contributed by atoms with Gasteiger partial charge in [-0.3, -0.25) is 0 Å². The van der Waals surface area contributed by atoms with E-state index < -0.39 is 5.60 Å². The molecule has 0 unspecified atom stereocenters. The van der Waals surface area contributed by atoms with E-state index in [0.717, 1.165) is 0 Å². The van der Waals surface area contributed by atoms with Crippen molar-refractivity contribution in [1.29, 1.82) is 0 Å². The fraction of sp³-hybridized carbons (Fsp3) is 0.714. The van der Waals surface area contributed by atoms with Gasteiger partial charge in [0.25, 0.3) is 0 Å². The van der Waals surface area contributed by atoms with Crippen LogP contribution in [-0.2, 0) is 4.74 Å². The lowest BCUT2D eigenvalue weighted by atomic mass is 10.1. The molecule has 0 aromatic rings. The van der Waals surface area contributed by atoms with Crippen LogP contribution in [0.25, 0.3) is 0 Å². The Bertz CT molecular complexity index is 97.0. The van der Waals surface area contributed by atoms with Gasteiger partial charge in [0.1, 0.15) is 5.60 Å². The monoisotopic (exact) mass is 146 g/mol. The van der Waals surface area contributed by atoms with E-state index in [0.29, 0.717) is 6.61 Å². The Labute approximate surface area is 60.9 Å². The average molecular weight is 146 g/mol. The SMILES string of the molecule is C=CCOC(C)(CO)CO. The van der Waals surface area contributed by atoms with Gasteiger partial charge < -0.3 is 14.9 Å². The maximum absolute atomic E-state index is 8.69. The van der Waals surface area contributed by atoms with Gasteiger partial charge in [0.15, 0.2) is 0 Å². The third-order valence-electron chi connectivity index (χ3n) is 1.22. The number of aliphatic hydroxyl groups excluding tert-OH is 2. The number of ether oxygens (including phenoxy) is 1. The highest BCUT2D eigenvalue weighted by atomic mass is 16.5. The van der Waals surface area contributed by atoms with Crippen molar-refractivity contribution in [3.05, 3.63) is 12.7 Å². The summed E-state index contributed by atoms with van der Waals surface area (Å²) in [6, 6.07) is 0. The molecule has 0 bridgehead atoms. The van der Waals surface area contributed by atoms with E-state index in [1.807, 2.05) is 0 Å². The largest absolute Gasteiger partial charge is 0.393 e. The van der Waals surface area contributed by atoms with Crippen molar-refractivity contribution < 1.29 is 14.9 Å². The zero-order valence-electron chi connectivity index (χ0n) is 6.21. The Balaban J connectivity index is 3.68. The second kappa shape index (κ2) is 4.44. The Hall–Kier alpha value is -0.380. The molecule has 0 aliphatic carbocycles. The molecule has 0 aromatic carbocycles. The Morgan fingerprint density at radius 1 is 1.50 bits per heavy atom. The minimum atomic E-state index is -0.825. The first kappa shape index (κ1) is 9.62. The molecule has 0 radical (unpaired) electrons. The summed E-state index contributed by atoms with van der Waals surface area (Å²) in [7, 11) is 0. The fourth-order valence-corrected chi connectivity index (χ4v) is 0.401. The van der Waals surface area contributed by atoms with Crippen molar-refractivity contribution in [2.75, 3.05) is 19.8 Å². The molecule has 0 aliphatic heterocycles. The van der Waals surface area contributed by atoms with Gasteiger partial charge in [0, 0.05) is 0 Å². The van der Waals surface area contributed by atoms with E-state index in [1.165, 1.54) is 0 Å². The molecule has 0 amide bonds. The smallest absolute Gasteiger partial charge is 0.112 e. The zero-order valence-corrected chi connectivity index (χ0v) is 6.21. The van der Waals surface area contributed by atoms with Crippen molar-refractivity contribution in [1.82, 2.24) is 0 Å². The molecule has 0 heterocycles. The topological polar surface area (TPSA) is 49.7 Å². The van der Waals surface area contributed by atoms with Gasteiger partial charge in [-0.1, -0.05) is 6.08 Å². The maximum Gasteiger partial charge on any atom is 0.112 e. The lowest BCUT2D eigenvalue weighted by molar-refractivity contribution is -0.0857. The van der Waals surface area contributed by atoms with Crippen molar-refractivity contribution >= 4 is 0 Å². The number of rotatable bonds is 5. The first-order valence-corrected chi connectivity index (χ1v) is 3.15. The molecule has 3 nitrogen and oxygen atoms in total. The van der Waals surface area contributed by atoms with Crippen LogP contribution in [0.1, 0.15) is 6.92 Å². The summed E-state index contributed by atoms with van der Waals surface area (Å²) in [6.45, 7) is 5.06. The van der Waals surface area contributed by atoms with E-state index in [2.05, 4.69) is 6.58 Å². The minimum Gasteiger partial charge on any atom is -0.393 e. The number of aliphatic hydroxyl groups is 2. The van der Waals surface area contributed by atoms with E-state index >= 15 is 0 Å². The lowest BCUT2D eigenvalue weighted by Crippen LogP contribution is -2.37. The molecular weight excluding hydrogens is 132 g/mol. The number of hydrogen-bond donors (Lipinski definition) is 2. The molecule has 0 aliphatic rings. The Morgan fingerprint density at radius 3 is 2.30 bits per heavy atom. The van der Waals surface area contributed by atoms with Crippen LogP contribution >= 0.6 is 0 Å². The molecule has 60 valence electrons. The van der Waals surface area contributed by atoms with Crippen LogP contribution in [-0.4, -0.2) is 35.6 Å². The van der Waals surface area contributed by atoms with Crippen molar-refractivity contribution in [3.63, 3.8) is 0 Å². The molecule has 0 spiro atoms. The van der Waals surface area contributed by atoms with Gasteiger partial charge in [0.05, 0.1) is 19.8 Å². The highest BCUT2D eigenvalue weighted by molar-refractivity contribution is 4.75. The zero-order chi connectivity index (χ0) is 8.04. The third-order valence-corrected chi connectivity index (χ3v) is 1.22. The van der Waals surface area contributed by atoms with Crippen LogP contribution in [0.4, 0.5) is 0 Å². The summed E-state index contributed by atoms with van der Waals surface area (Å²) in [5.74, 6) is 0. The summed E-state index contributed by atoms with van der Waals surface area (Å²) >= 11 is 0. The summed E-state index contributed by atoms with van der Waals surface area (Å²) < 4.78 is 5.06. The molecule has 10 heavy (non-hydrogen) atoms. The molecule has 0 saturated carbocycles. The summed E-state index contributed by atoms with van der Waals surface area (Å²) in [4.78, 5) is 0. The van der Waals surface area contributed by atoms with Crippen LogP contribution in [0.15, 0.2) is 12.7 Å². The molecule has 3 heteroatoms. The van der Waals surface area contributed by atoms with Crippen LogP contribution < -0.4 is 0 Å². The predicted octanol–water partition coefficient (Wildman–Crippen LogP) is -0.0677. The van der Waals surface area contributed by atoms with E-state index in [1.54, 1.807) is 13.0 Å². The first-order valence-electron chi connectivity index (χ1n) is 3.15. The molecule has 0 fully saturated rings. The summed E-state index contributed by atoms with van der Waals surface area (Å²) in [6.07, 6.45) is 1.57. The second-order valence-corrected chi connectivity index (χ2v) is 2.37. The Kier molecular flexibility index (Phi) is 4.27. The highest BCUT2D eigenvalue weighted by Gasteiger charge is 2.21. The molecular formula is C7H14O3. The fourth-order valence-electron chi connectivity index (χ4n) is 0.401. The second-order valence-electron chi connectivity index (χ2n) is 2.37. The number of hydrogen-bond acceptors (Lipinski definition) is 3. The molecule has 0 saturated heterocycles. The van der Waals surface area contributed by atoms with Gasteiger partial charge >= 0.3 is 0 Å². The molecule has 2 N–H and O–H groups in total. The minimum absolute atomic E-state index is 0.183. The molecule has 0 atom stereocenters. The third kappa shape index (κ3) is 2.96. The van der Waals surface area contributed by atoms with Crippen LogP contribution in [0.5, 0.6) is 0 Å². The van der Waals surface area contributed by atoms with Gasteiger partial charge in [0.2, 0.25) is 0 Å². The quantitative estimate of drug-likeness (QED) is 0.534. The summed E-state index contributed by atoms with van der Waals surface area (Å²) in [5.41, 5.74) is -0.825. The standard InChI is InChI=1S/C7H14O3/c1-3-4-10-7(2,5-8)6-9/h3,8-9H,1,4-6H2,2H3. The van der Waals surface area contributed by atoms with E-state index in [-0.39, 0.29) is 13.2 Å². The van der Waals surface area contributed by atoms with Gasteiger partial charge in [-0.05, 0) is 6.92 Å². The lowest BCUT2D eigenvalue weighted by Gasteiger charge is -2.24. The molecule has 0 aromatic heterocycles. The maximum atomic E-state index is 8.69. The van der Waals surface area contributed by atoms with Gasteiger partial charge in [-0.25, -0.2) is 0 Å². The highest BCUT2D eigenvalue weighted by Crippen LogP contribution is 2.06. The predicted molar refractivity (Wildman–Crippen MR) is 38.7 cm³/mol. The Morgan fingerprint density at radius 2 is 2.00 bits per heavy atom. The normalized spacial score (nSPS) is 11.5. The molecule has 0 rings (SSSR count). The first-order chi connectivity index (χ1) is 4.68. The van der Waals surface area contributed by atoms with Crippen LogP contribution in [0, 0.1) is 0 Å². The van der Waals surface area contributed by atoms with Crippen molar-refractivity contribution in [2.24, 2.45) is 0 Å². The summed E-state index contributed by atoms with van der Waals surface area (Å²) in [5, 5.41) is 17.4. The van der Waals surface area contributed by atoms with Crippen LogP contribution in [0.2, 0.25) is 0 Å². The van der Waals surface area contributed by atoms with E-state index in [4.69, 9.17) is 14.9 Å². The van der Waals surface area contributed by atoms with Gasteiger partial charge in [-0.2, -0.15) is 0 Å². The van der Waals surface area contributed by atoms with Crippen LogP contribution in [0.3, 0.4) is 0 Å². The van der Waals surface area contributed by atoms with Crippen molar-refractivity contribution in [3.8, 4) is 0 Å². The van der Waals surface area contributed by atoms with E-state index in [9.17, 15) is 0 Å².